The highest BCUT2D eigenvalue weighted by molar-refractivity contribution is 9.10. The van der Waals surface area contributed by atoms with Crippen LogP contribution in [0.1, 0.15) is 20.3 Å². The van der Waals surface area contributed by atoms with E-state index in [4.69, 9.17) is 11.6 Å². The quantitative estimate of drug-likeness (QED) is 0.680. The van der Waals surface area contributed by atoms with Crippen LogP contribution in [0.4, 0.5) is 5.69 Å². The summed E-state index contributed by atoms with van der Waals surface area (Å²) in [5, 5.41) is 0.899. The van der Waals surface area contributed by atoms with Crippen molar-refractivity contribution >= 4 is 65.9 Å². The summed E-state index contributed by atoms with van der Waals surface area (Å²) in [4.78, 5) is 18.4. The number of amides is 1. The third-order valence-electron chi connectivity index (χ3n) is 4.48. The molecule has 1 aromatic carbocycles. The normalized spacial score (nSPS) is 27.5. The lowest BCUT2D eigenvalue weighted by Crippen LogP contribution is -2.38. The number of carbonyl (C=O) groups excluding carboxylic acids is 1. The number of hydrogen-bond donors (Lipinski definition) is 0. The fraction of sp³-hybridized carbons (Fsp3) is 0.500. The number of benzene rings is 1. The zero-order valence-corrected chi connectivity index (χ0v) is 17.8. The lowest BCUT2D eigenvalue weighted by atomic mass is 10.1. The molecule has 1 aromatic rings. The maximum Gasteiger partial charge on any atom is 0.250 e. The van der Waals surface area contributed by atoms with Gasteiger partial charge in [0.05, 0.1) is 28.3 Å². The van der Waals surface area contributed by atoms with Crippen LogP contribution in [0.15, 0.2) is 27.7 Å². The number of hydrogen-bond acceptors (Lipinski definition) is 4. The van der Waals surface area contributed by atoms with Gasteiger partial charge in [-0.1, -0.05) is 53.1 Å². The fourth-order valence-electron chi connectivity index (χ4n) is 2.90. The number of carbonyl (C=O) groups is 1. The van der Waals surface area contributed by atoms with Crippen LogP contribution >= 0.6 is 39.3 Å². The van der Waals surface area contributed by atoms with Crippen molar-refractivity contribution in [2.24, 2.45) is 10.9 Å². The summed E-state index contributed by atoms with van der Waals surface area (Å²) in [7, 11) is -3.10. The molecule has 0 aromatic heterocycles. The number of amidine groups is 1. The number of anilines is 1. The van der Waals surface area contributed by atoms with Gasteiger partial charge in [-0.15, -0.1) is 0 Å². The van der Waals surface area contributed by atoms with Gasteiger partial charge in [-0.2, -0.15) is 4.99 Å². The molecule has 5 nitrogen and oxygen atoms in total. The van der Waals surface area contributed by atoms with Crippen LogP contribution in [0.2, 0.25) is 5.02 Å². The van der Waals surface area contributed by atoms with Gasteiger partial charge < -0.3 is 4.90 Å². The SMILES string of the molecule is CCC(C)C(=O)N=C1SC2CS(=O)(=O)CC2N1c1ccc(Br)cc1Cl. The van der Waals surface area contributed by atoms with E-state index in [1.54, 1.807) is 6.07 Å². The predicted octanol–water partition coefficient (Wildman–Crippen LogP) is 3.75. The molecule has 2 aliphatic rings. The Balaban J connectivity index is 2.04. The molecule has 2 heterocycles. The number of halogens is 2. The van der Waals surface area contributed by atoms with Crippen LogP contribution in [0, 0.1) is 5.92 Å². The standard InChI is InChI=1S/C16H18BrClN2O3S2/c1-3-9(2)15(21)19-16-20(12-5-4-10(17)6-11(12)18)13-7-25(22,23)8-14(13)24-16/h4-6,9,13-14H,3,7-8H2,1-2H3. The van der Waals surface area contributed by atoms with E-state index in [0.717, 1.165) is 4.47 Å². The smallest absolute Gasteiger partial charge is 0.250 e. The molecule has 3 atom stereocenters. The maximum absolute atomic E-state index is 12.3. The highest BCUT2D eigenvalue weighted by Gasteiger charge is 2.49. The molecule has 136 valence electrons. The maximum atomic E-state index is 12.3. The molecular formula is C16H18BrClN2O3S2. The Kier molecular flexibility index (Phi) is 5.54. The second-order valence-electron chi connectivity index (χ2n) is 6.31. The Bertz CT molecular complexity index is 844. The molecule has 0 bridgehead atoms. The van der Waals surface area contributed by atoms with E-state index in [9.17, 15) is 13.2 Å². The summed E-state index contributed by atoms with van der Waals surface area (Å²) in [5.74, 6) is -0.206. The monoisotopic (exact) mass is 464 g/mol. The van der Waals surface area contributed by atoms with E-state index < -0.39 is 9.84 Å². The first-order valence-corrected chi connectivity index (χ1v) is 11.8. The second kappa shape index (κ2) is 7.21. The first-order valence-electron chi connectivity index (χ1n) is 7.95. The average Bonchev–Trinajstić information content (AvgIpc) is 2.98. The number of aliphatic imine (C=N–C) groups is 1. The van der Waals surface area contributed by atoms with E-state index >= 15 is 0 Å². The van der Waals surface area contributed by atoms with Crippen LogP contribution in [-0.2, 0) is 14.6 Å². The first-order chi connectivity index (χ1) is 11.7. The number of nitrogens with zero attached hydrogens (tertiary/aromatic N) is 2. The molecule has 2 fully saturated rings. The summed E-state index contributed by atoms with van der Waals surface area (Å²) >= 11 is 11.1. The predicted molar refractivity (Wildman–Crippen MR) is 107 cm³/mol. The summed E-state index contributed by atoms with van der Waals surface area (Å²) in [6.45, 7) is 3.78. The number of fused-ring (bicyclic) bond motifs is 1. The van der Waals surface area contributed by atoms with E-state index in [-0.39, 0.29) is 34.6 Å². The Hall–Kier alpha value is -0.570. The molecule has 0 N–H and O–H groups in total. The Morgan fingerprint density at radius 1 is 1.48 bits per heavy atom. The van der Waals surface area contributed by atoms with Crippen LogP contribution in [0.5, 0.6) is 0 Å². The van der Waals surface area contributed by atoms with Crippen molar-refractivity contribution in [3.05, 3.63) is 27.7 Å². The minimum absolute atomic E-state index is 0.0492. The van der Waals surface area contributed by atoms with Crippen molar-refractivity contribution in [2.75, 3.05) is 16.4 Å². The van der Waals surface area contributed by atoms with Crippen molar-refractivity contribution in [1.82, 2.24) is 0 Å². The molecule has 0 saturated carbocycles. The molecule has 2 aliphatic heterocycles. The van der Waals surface area contributed by atoms with Gasteiger partial charge in [-0.05, 0) is 24.6 Å². The molecule has 9 heteroatoms. The molecule has 3 unspecified atom stereocenters. The molecule has 0 radical (unpaired) electrons. The van der Waals surface area contributed by atoms with Crippen molar-refractivity contribution in [1.29, 1.82) is 0 Å². The third-order valence-corrected chi connectivity index (χ3v) is 8.48. The third kappa shape index (κ3) is 3.91. The number of thioether (sulfide) groups is 1. The molecule has 3 rings (SSSR count). The van der Waals surface area contributed by atoms with Crippen LogP contribution in [0.3, 0.4) is 0 Å². The van der Waals surface area contributed by atoms with E-state index in [0.29, 0.717) is 22.3 Å². The summed E-state index contributed by atoms with van der Waals surface area (Å²) in [6, 6.07) is 5.17. The van der Waals surface area contributed by atoms with Gasteiger partial charge in [-0.25, -0.2) is 8.42 Å². The zero-order chi connectivity index (χ0) is 18.4. The van der Waals surface area contributed by atoms with Gasteiger partial charge in [0.1, 0.15) is 0 Å². The van der Waals surface area contributed by atoms with Crippen molar-refractivity contribution in [3.8, 4) is 0 Å². The summed E-state index contributed by atoms with van der Waals surface area (Å²) in [6.07, 6.45) is 0.709. The van der Waals surface area contributed by atoms with Crippen LogP contribution < -0.4 is 4.90 Å². The molecule has 1 amide bonds. The van der Waals surface area contributed by atoms with E-state index in [2.05, 4.69) is 20.9 Å². The molecule has 0 spiro atoms. The topological polar surface area (TPSA) is 66.8 Å². The van der Waals surface area contributed by atoms with Gasteiger partial charge in [0, 0.05) is 15.6 Å². The Morgan fingerprint density at radius 3 is 2.84 bits per heavy atom. The van der Waals surface area contributed by atoms with Gasteiger partial charge >= 0.3 is 0 Å². The van der Waals surface area contributed by atoms with Crippen LogP contribution in [0.25, 0.3) is 0 Å². The average molecular weight is 466 g/mol. The van der Waals surface area contributed by atoms with Crippen molar-refractivity contribution in [2.45, 2.75) is 31.6 Å². The molecular weight excluding hydrogens is 448 g/mol. The van der Waals surface area contributed by atoms with Gasteiger partial charge in [0.15, 0.2) is 15.0 Å². The summed E-state index contributed by atoms with van der Waals surface area (Å²) < 4.78 is 24.9. The van der Waals surface area contributed by atoms with Crippen molar-refractivity contribution < 1.29 is 13.2 Å². The largest absolute Gasteiger partial charge is 0.314 e. The molecule has 2 saturated heterocycles. The minimum Gasteiger partial charge on any atom is -0.314 e. The lowest BCUT2D eigenvalue weighted by Gasteiger charge is -2.25. The highest BCUT2D eigenvalue weighted by Crippen LogP contribution is 2.43. The van der Waals surface area contributed by atoms with E-state index in [1.165, 1.54) is 11.8 Å². The fourth-order valence-corrected chi connectivity index (χ4v) is 7.58. The lowest BCUT2D eigenvalue weighted by molar-refractivity contribution is -0.121. The first kappa shape index (κ1) is 19.2. The van der Waals surface area contributed by atoms with E-state index in [1.807, 2.05) is 30.9 Å². The Labute approximate surface area is 165 Å². The number of sulfone groups is 1. The zero-order valence-electron chi connectivity index (χ0n) is 13.8. The summed E-state index contributed by atoms with van der Waals surface area (Å²) in [5.41, 5.74) is 0.678. The van der Waals surface area contributed by atoms with Gasteiger partial charge in [-0.3, -0.25) is 4.79 Å². The van der Waals surface area contributed by atoms with Crippen LogP contribution in [-0.4, -0.2) is 42.3 Å². The highest BCUT2D eigenvalue weighted by atomic mass is 79.9. The van der Waals surface area contributed by atoms with Crippen molar-refractivity contribution in [3.63, 3.8) is 0 Å². The second-order valence-corrected chi connectivity index (χ2v) is 11.0. The van der Waals surface area contributed by atoms with Gasteiger partial charge in [0.25, 0.3) is 5.91 Å². The Morgan fingerprint density at radius 2 is 2.20 bits per heavy atom. The number of rotatable bonds is 3. The molecule has 0 aliphatic carbocycles. The molecule has 25 heavy (non-hydrogen) atoms. The van der Waals surface area contributed by atoms with Gasteiger partial charge in [0.2, 0.25) is 0 Å². The minimum atomic E-state index is -3.10.